The van der Waals surface area contributed by atoms with Crippen LogP contribution in [0.4, 0.5) is 0 Å². The summed E-state index contributed by atoms with van der Waals surface area (Å²) in [4.78, 5) is 19.9. The van der Waals surface area contributed by atoms with Gasteiger partial charge in [0.15, 0.2) is 5.16 Å². The molecule has 6 heteroatoms. The third kappa shape index (κ3) is 4.64. The number of amides is 1. The fraction of sp³-hybridized carbons (Fsp3) is 0.417. The Kier molecular flexibility index (Phi) is 6.62. The first-order valence-corrected chi connectivity index (χ1v) is 11.7. The Morgan fingerprint density at radius 2 is 1.97 bits per heavy atom. The van der Waals surface area contributed by atoms with Gasteiger partial charge in [-0.3, -0.25) is 4.79 Å². The number of piperidine rings is 1. The zero-order valence-electron chi connectivity index (χ0n) is 17.7. The normalized spacial score (nSPS) is 16.7. The number of carbonyl (C=O) groups excluding carboxylic acids is 1. The molecule has 1 fully saturated rings. The van der Waals surface area contributed by atoms with Crippen molar-refractivity contribution < 1.29 is 9.53 Å². The van der Waals surface area contributed by atoms with Gasteiger partial charge in [0, 0.05) is 18.3 Å². The molecule has 5 nitrogen and oxygen atoms in total. The van der Waals surface area contributed by atoms with Crippen LogP contribution in [0.25, 0.3) is 11.0 Å². The number of nitrogens with zero attached hydrogens (tertiary/aromatic N) is 3. The maximum absolute atomic E-state index is 13.1. The molecule has 4 rings (SSSR count). The lowest BCUT2D eigenvalue weighted by molar-refractivity contribution is -0.135. The number of imidazole rings is 1. The van der Waals surface area contributed by atoms with Gasteiger partial charge in [-0.1, -0.05) is 42.1 Å². The van der Waals surface area contributed by atoms with Crippen molar-refractivity contribution in [3.63, 3.8) is 0 Å². The molecule has 2 aromatic carbocycles. The van der Waals surface area contributed by atoms with Crippen molar-refractivity contribution in [2.24, 2.45) is 0 Å². The van der Waals surface area contributed by atoms with E-state index in [0.717, 1.165) is 52.6 Å². The van der Waals surface area contributed by atoms with Gasteiger partial charge in [-0.15, -0.1) is 0 Å². The third-order valence-corrected chi connectivity index (χ3v) is 6.64. The molecule has 3 aromatic rings. The monoisotopic (exact) mass is 423 g/mol. The lowest BCUT2D eigenvalue weighted by Crippen LogP contribution is -2.43. The maximum atomic E-state index is 13.1. The summed E-state index contributed by atoms with van der Waals surface area (Å²) < 4.78 is 8.00. The highest BCUT2D eigenvalue weighted by molar-refractivity contribution is 7.99. The molecule has 1 saturated heterocycles. The van der Waals surface area contributed by atoms with Crippen molar-refractivity contribution >= 4 is 28.7 Å². The number of thioether (sulfide) groups is 1. The number of rotatable bonds is 7. The van der Waals surface area contributed by atoms with Gasteiger partial charge in [0.25, 0.3) is 0 Å². The number of hydrogen-bond donors (Lipinski definition) is 0. The van der Waals surface area contributed by atoms with Crippen molar-refractivity contribution in [3.8, 4) is 5.75 Å². The van der Waals surface area contributed by atoms with Gasteiger partial charge in [-0.05, 0) is 56.9 Å². The Morgan fingerprint density at radius 3 is 2.80 bits per heavy atom. The molecular formula is C24H29N3O2S. The molecule has 0 aliphatic carbocycles. The van der Waals surface area contributed by atoms with E-state index in [1.54, 1.807) is 11.8 Å². The van der Waals surface area contributed by atoms with Crippen LogP contribution in [0.15, 0.2) is 53.7 Å². The van der Waals surface area contributed by atoms with Crippen molar-refractivity contribution in [2.75, 3.05) is 18.9 Å². The second-order valence-electron chi connectivity index (χ2n) is 7.86. The predicted octanol–water partition coefficient (Wildman–Crippen LogP) is 4.92. The summed E-state index contributed by atoms with van der Waals surface area (Å²) in [6, 6.07) is 16.4. The van der Waals surface area contributed by atoms with Crippen LogP contribution in [-0.4, -0.2) is 45.3 Å². The van der Waals surface area contributed by atoms with E-state index >= 15 is 0 Å². The highest BCUT2D eigenvalue weighted by atomic mass is 32.2. The van der Waals surface area contributed by atoms with Gasteiger partial charge < -0.3 is 14.2 Å². The second-order valence-corrected chi connectivity index (χ2v) is 8.93. The van der Waals surface area contributed by atoms with E-state index in [4.69, 9.17) is 9.72 Å². The Balaban J connectivity index is 1.46. The first-order chi connectivity index (χ1) is 14.6. The van der Waals surface area contributed by atoms with Crippen LogP contribution in [0.3, 0.4) is 0 Å². The molecule has 1 amide bonds. The zero-order chi connectivity index (χ0) is 20.9. The lowest BCUT2D eigenvalue weighted by Gasteiger charge is -2.33. The van der Waals surface area contributed by atoms with E-state index in [0.29, 0.717) is 19.2 Å². The minimum Gasteiger partial charge on any atom is -0.492 e. The van der Waals surface area contributed by atoms with E-state index < -0.39 is 0 Å². The molecule has 1 aliphatic rings. The van der Waals surface area contributed by atoms with Gasteiger partial charge in [0.1, 0.15) is 12.3 Å². The molecule has 2 heterocycles. The second kappa shape index (κ2) is 9.56. The van der Waals surface area contributed by atoms with Gasteiger partial charge in [-0.25, -0.2) is 4.98 Å². The molecule has 1 aromatic heterocycles. The van der Waals surface area contributed by atoms with E-state index in [1.807, 2.05) is 47.4 Å². The zero-order valence-corrected chi connectivity index (χ0v) is 18.5. The van der Waals surface area contributed by atoms with Crippen molar-refractivity contribution in [3.05, 3.63) is 54.1 Å². The fourth-order valence-corrected chi connectivity index (χ4v) is 4.84. The lowest BCUT2D eigenvalue weighted by atomic mass is 10.0. The van der Waals surface area contributed by atoms with Gasteiger partial charge in [0.2, 0.25) is 5.91 Å². The van der Waals surface area contributed by atoms with Crippen LogP contribution in [0.2, 0.25) is 0 Å². The number of fused-ring (bicyclic) bond motifs is 1. The molecule has 1 unspecified atom stereocenters. The van der Waals surface area contributed by atoms with Crippen LogP contribution >= 0.6 is 11.8 Å². The molecule has 0 spiro atoms. The topological polar surface area (TPSA) is 47.4 Å². The molecule has 158 valence electrons. The molecular weight excluding hydrogens is 394 g/mol. The molecule has 0 bridgehead atoms. The molecule has 0 N–H and O–H groups in total. The third-order valence-electron chi connectivity index (χ3n) is 5.70. The molecule has 0 saturated carbocycles. The smallest absolute Gasteiger partial charge is 0.242 e. The van der Waals surface area contributed by atoms with Crippen LogP contribution in [0, 0.1) is 6.92 Å². The van der Waals surface area contributed by atoms with E-state index in [1.165, 1.54) is 6.42 Å². The number of likely N-dealkylation sites (tertiary alicyclic amines) is 1. The quantitative estimate of drug-likeness (QED) is 0.400. The van der Waals surface area contributed by atoms with Crippen LogP contribution in [0.5, 0.6) is 5.75 Å². The Hall–Kier alpha value is -2.47. The first-order valence-electron chi connectivity index (χ1n) is 10.7. The Labute approximate surface area is 182 Å². The van der Waals surface area contributed by atoms with E-state index in [-0.39, 0.29) is 5.91 Å². The number of para-hydroxylation sites is 3. The van der Waals surface area contributed by atoms with E-state index in [2.05, 4.69) is 24.5 Å². The standard InChI is InChI=1S/C24H29N3O2S/c1-18-9-3-6-13-22(18)29-15-16-30-24-25-20-11-4-5-12-21(20)27(24)17-23(28)26-14-8-7-10-19(26)2/h3-6,9,11-13,19H,7-8,10,14-17H2,1-2H3. The maximum Gasteiger partial charge on any atom is 0.242 e. The number of aromatic nitrogens is 2. The van der Waals surface area contributed by atoms with E-state index in [9.17, 15) is 4.79 Å². The van der Waals surface area contributed by atoms with Crippen LogP contribution < -0.4 is 4.74 Å². The highest BCUT2D eigenvalue weighted by Crippen LogP contribution is 2.26. The number of carbonyl (C=O) groups is 1. The highest BCUT2D eigenvalue weighted by Gasteiger charge is 2.24. The molecule has 0 radical (unpaired) electrons. The molecule has 1 atom stereocenters. The predicted molar refractivity (Wildman–Crippen MR) is 122 cm³/mol. The Morgan fingerprint density at radius 1 is 1.17 bits per heavy atom. The fourth-order valence-electron chi connectivity index (χ4n) is 4.01. The SMILES string of the molecule is Cc1ccccc1OCCSc1nc2ccccc2n1CC(=O)N1CCCCC1C. The minimum absolute atomic E-state index is 0.184. The largest absolute Gasteiger partial charge is 0.492 e. The summed E-state index contributed by atoms with van der Waals surface area (Å²) in [5, 5.41) is 0.877. The van der Waals surface area contributed by atoms with Crippen LogP contribution in [0.1, 0.15) is 31.7 Å². The summed E-state index contributed by atoms with van der Waals surface area (Å²) in [7, 11) is 0. The summed E-state index contributed by atoms with van der Waals surface area (Å²) in [6.45, 7) is 6.00. The number of aryl methyl sites for hydroxylation is 1. The summed E-state index contributed by atoms with van der Waals surface area (Å²) in [6.07, 6.45) is 3.40. The van der Waals surface area contributed by atoms with Gasteiger partial charge in [0.05, 0.1) is 17.6 Å². The number of hydrogen-bond acceptors (Lipinski definition) is 4. The average molecular weight is 424 g/mol. The summed E-state index contributed by atoms with van der Waals surface area (Å²) >= 11 is 1.64. The summed E-state index contributed by atoms with van der Waals surface area (Å²) in [5.41, 5.74) is 3.08. The Bertz CT molecular complexity index is 1020. The first kappa shape index (κ1) is 20.8. The minimum atomic E-state index is 0.184. The molecule has 1 aliphatic heterocycles. The van der Waals surface area contributed by atoms with Crippen molar-refractivity contribution in [1.82, 2.24) is 14.5 Å². The number of benzene rings is 2. The van der Waals surface area contributed by atoms with Crippen molar-refractivity contribution in [2.45, 2.75) is 50.9 Å². The number of ether oxygens (including phenoxy) is 1. The van der Waals surface area contributed by atoms with Gasteiger partial charge >= 0.3 is 0 Å². The summed E-state index contributed by atoms with van der Waals surface area (Å²) in [5.74, 6) is 1.87. The van der Waals surface area contributed by atoms with Crippen LogP contribution in [-0.2, 0) is 11.3 Å². The van der Waals surface area contributed by atoms with Gasteiger partial charge in [-0.2, -0.15) is 0 Å². The van der Waals surface area contributed by atoms with Crippen molar-refractivity contribution in [1.29, 1.82) is 0 Å². The average Bonchev–Trinajstić information content (AvgIpc) is 3.10. The molecule has 30 heavy (non-hydrogen) atoms.